The first kappa shape index (κ1) is 16.9. The highest BCUT2D eigenvalue weighted by Crippen LogP contribution is 2.18. The van der Waals surface area contributed by atoms with Gasteiger partial charge in [0.2, 0.25) is 10.0 Å². The van der Waals surface area contributed by atoms with E-state index in [1.54, 1.807) is 29.8 Å². The molecule has 0 unspecified atom stereocenters. The smallest absolute Gasteiger partial charge is 0.250 e. The highest BCUT2D eigenvalue weighted by atomic mass is 32.2. The maximum atomic E-state index is 11.9. The van der Waals surface area contributed by atoms with Crippen LogP contribution in [0.4, 0.5) is 5.82 Å². The second kappa shape index (κ2) is 6.72. The minimum atomic E-state index is -3.41. The molecule has 0 radical (unpaired) electrons. The zero-order valence-electron chi connectivity index (χ0n) is 12.8. The molecule has 0 saturated carbocycles. The molecule has 6 nitrogen and oxygen atoms in total. The SMILES string of the molecule is CC(C)(C)c1nccc(NCCNS(=O)(=O)c2cccs2)n1. The van der Waals surface area contributed by atoms with E-state index >= 15 is 0 Å². The van der Waals surface area contributed by atoms with Crippen LogP contribution < -0.4 is 10.0 Å². The van der Waals surface area contributed by atoms with Crippen LogP contribution in [0.5, 0.6) is 0 Å². The topological polar surface area (TPSA) is 84.0 Å². The molecule has 0 aliphatic carbocycles. The number of rotatable bonds is 6. The highest BCUT2D eigenvalue weighted by Gasteiger charge is 2.17. The van der Waals surface area contributed by atoms with Gasteiger partial charge in [0, 0.05) is 24.7 Å². The zero-order valence-corrected chi connectivity index (χ0v) is 14.5. The maximum Gasteiger partial charge on any atom is 0.250 e. The molecule has 0 saturated heterocycles. The summed E-state index contributed by atoms with van der Waals surface area (Å²) in [5.41, 5.74) is -0.127. The van der Waals surface area contributed by atoms with Crippen molar-refractivity contribution in [1.29, 1.82) is 0 Å². The van der Waals surface area contributed by atoms with Gasteiger partial charge in [-0.25, -0.2) is 23.1 Å². The first-order valence-corrected chi connectivity index (χ1v) is 9.26. The molecule has 0 aromatic carbocycles. The summed E-state index contributed by atoms with van der Waals surface area (Å²) in [5, 5.41) is 4.84. The fourth-order valence-electron chi connectivity index (χ4n) is 1.68. The Labute approximate surface area is 135 Å². The van der Waals surface area contributed by atoms with Gasteiger partial charge in [-0.05, 0) is 17.5 Å². The minimum absolute atomic E-state index is 0.127. The lowest BCUT2D eigenvalue weighted by molar-refractivity contribution is 0.546. The predicted octanol–water partition coefficient (Wildman–Crippen LogP) is 2.23. The molecular weight excluding hydrogens is 320 g/mol. The van der Waals surface area contributed by atoms with E-state index in [1.807, 2.05) is 20.8 Å². The van der Waals surface area contributed by atoms with Crippen LogP contribution in [0.15, 0.2) is 34.0 Å². The molecule has 0 aliphatic heterocycles. The molecule has 2 aromatic heterocycles. The van der Waals surface area contributed by atoms with Crippen molar-refractivity contribution in [3.05, 3.63) is 35.6 Å². The van der Waals surface area contributed by atoms with Crippen LogP contribution in [0.3, 0.4) is 0 Å². The van der Waals surface area contributed by atoms with E-state index in [-0.39, 0.29) is 12.0 Å². The molecular formula is C14H20N4O2S2. The minimum Gasteiger partial charge on any atom is -0.369 e. The summed E-state index contributed by atoms with van der Waals surface area (Å²) in [6, 6.07) is 5.07. The van der Waals surface area contributed by atoms with Gasteiger partial charge in [0.15, 0.2) is 0 Å². The Hall–Kier alpha value is -1.51. The summed E-state index contributed by atoms with van der Waals surface area (Å²) in [6.07, 6.45) is 1.70. The van der Waals surface area contributed by atoms with Crippen molar-refractivity contribution in [1.82, 2.24) is 14.7 Å². The van der Waals surface area contributed by atoms with Crippen molar-refractivity contribution in [2.24, 2.45) is 0 Å². The summed E-state index contributed by atoms with van der Waals surface area (Å²) >= 11 is 1.20. The molecule has 2 N–H and O–H groups in total. The predicted molar refractivity (Wildman–Crippen MR) is 88.7 cm³/mol. The van der Waals surface area contributed by atoms with E-state index in [9.17, 15) is 8.42 Å². The Morgan fingerprint density at radius 2 is 2.00 bits per heavy atom. The summed E-state index contributed by atoms with van der Waals surface area (Å²) in [7, 11) is -3.41. The van der Waals surface area contributed by atoms with Crippen LogP contribution in [0.1, 0.15) is 26.6 Å². The number of sulfonamides is 1. The third kappa shape index (κ3) is 4.49. The van der Waals surface area contributed by atoms with E-state index in [0.29, 0.717) is 16.6 Å². The van der Waals surface area contributed by atoms with Gasteiger partial charge in [-0.3, -0.25) is 0 Å². The van der Waals surface area contributed by atoms with Crippen molar-refractivity contribution < 1.29 is 8.42 Å². The zero-order chi connectivity index (χ0) is 16.2. The monoisotopic (exact) mass is 340 g/mol. The molecule has 0 aliphatic rings. The summed E-state index contributed by atoms with van der Waals surface area (Å²) in [4.78, 5) is 8.68. The molecule has 0 amide bonds. The van der Waals surface area contributed by atoms with E-state index < -0.39 is 10.0 Å². The van der Waals surface area contributed by atoms with Crippen molar-refractivity contribution in [2.75, 3.05) is 18.4 Å². The molecule has 22 heavy (non-hydrogen) atoms. The van der Waals surface area contributed by atoms with Crippen LogP contribution in [0, 0.1) is 0 Å². The third-order valence-electron chi connectivity index (χ3n) is 2.81. The lowest BCUT2D eigenvalue weighted by Crippen LogP contribution is -2.28. The quantitative estimate of drug-likeness (QED) is 0.788. The third-order valence-corrected chi connectivity index (χ3v) is 5.67. The summed E-state index contributed by atoms with van der Waals surface area (Å²) in [5.74, 6) is 1.44. The van der Waals surface area contributed by atoms with E-state index in [1.165, 1.54) is 11.3 Å². The van der Waals surface area contributed by atoms with Crippen LogP contribution in [-0.2, 0) is 15.4 Å². The molecule has 0 atom stereocenters. The second-order valence-corrected chi connectivity index (χ2v) is 8.71. The Bertz CT molecular complexity index is 707. The number of nitrogens with one attached hydrogen (secondary N) is 2. The average molecular weight is 340 g/mol. The Balaban J connectivity index is 1.87. The molecule has 2 aromatic rings. The lowest BCUT2D eigenvalue weighted by atomic mass is 9.96. The maximum absolute atomic E-state index is 11.9. The largest absolute Gasteiger partial charge is 0.369 e. The van der Waals surface area contributed by atoms with Gasteiger partial charge >= 0.3 is 0 Å². The van der Waals surface area contributed by atoms with Crippen LogP contribution in [-0.4, -0.2) is 31.5 Å². The normalized spacial score (nSPS) is 12.3. The lowest BCUT2D eigenvalue weighted by Gasteiger charge is -2.17. The number of anilines is 1. The van der Waals surface area contributed by atoms with Gasteiger partial charge in [-0.15, -0.1) is 11.3 Å². The van der Waals surface area contributed by atoms with Crippen LogP contribution in [0.25, 0.3) is 0 Å². The first-order valence-electron chi connectivity index (χ1n) is 6.89. The molecule has 2 heterocycles. The van der Waals surface area contributed by atoms with Crippen molar-refractivity contribution in [3.8, 4) is 0 Å². The van der Waals surface area contributed by atoms with Crippen LogP contribution in [0.2, 0.25) is 0 Å². The van der Waals surface area contributed by atoms with Crippen molar-refractivity contribution >= 4 is 27.2 Å². The Morgan fingerprint density at radius 1 is 1.23 bits per heavy atom. The fraction of sp³-hybridized carbons (Fsp3) is 0.429. The van der Waals surface area contributed by atoms with Gasteiger partial charge in [0.05, 0.1) is 0 Å². The number of hydrogen-bond donors (Lipinski definition) is 2. The average Bonchev–Trinajstić information content (AvgIpc) is 2.98. The van der Waals surface area contributed by atoms with Gasteiger partial charge in [0.25, 0.3) is 0 Å². The van der Waals surface area contributed by atoms with Gasteiger partial charge < -0.3 is 5.32 Å². The van der Waals surface area contributed by atoms with Gasteiger partial charge in [0.1, 0.15) is 15.9 Å². The van der Waals surface area contributed by atoms with Crippen molar-refractivity contribution in [3.63, 3.8) is 0 Å². The number of nitrogens with zero attached hydrogens (tertiary/aromatic N) is 2. The highest BCUT2D eigenvalue weighted by molar-refractivity contribution is 7.91. The molecule has 120 valence electrons. The first-order chi connectivity index (χ1) is 10.3. The standard InChI is InChI=1S/C14H20N4O2S2/c1-14(2,3)13-16-7-6-11(18-13)15-8-9-17-22(19,20)12-5-4-10-21-12/h4-7,10,17H,8-9H2,1-3H3,(H,15,16,18). The number of hydrogen-bond acceptors (Lipinski definition) is 6. The van der Waals surface area contributed by atoms with Crippen molar-refractivity contribution in [2.45, 2.75) is 30.4 Å². The summed E-state index contributed by atoms with van der Waals surface area (Å²) in [6.45, 7) is 6.87. The van der Waals surface area contributed by atoms with Gasteiger partial charge in [-0.1, -0.05) is 26.8 Å². The van der Waals surface area contributed by atoms with Crippen LogP contribution >= 0.6 is 11.3 Å². The summed E-state index contributed by atoms with van der Waals surface area (Å²) < 4.78 is 26.7. The van der Waals surface area contributed by atoms with E-state index in [4.69, 9.17) is 0 Å². The molecule has 8 heteroatoms. The molecule has 0 bridgehead atoms. The molecule has 2 rings (SSSR count). The second-order valence-electron chi connectivity index (χ2n) is 5.77. The molecule has 0 fully saturated rings. The Kier molecular flexibility index (Phi) is 5.15. The fourth-order valence-corrected chi connectivity index (χ4v) is 3.75. The number of aromatic nitrogens is 2. The van der Waals surface area contributed by atoms with E-state index in [0.717, 1.165) is 5.82 Å². The van der Waals surface area contributed by atoms with Gasteiger partial charge in [-0.2, -0.15) is 0 Å². The van der Waals surface area contributed by atoms with E-state index in [2.05, 4.69) is 20.0 Å². The Morgan fingerprint density at radius 3 is 2.64 bits per heavy atom. The number of thiophene rings is 1. The molecule has 0 spiro atoms.